The quantitative estimate of drug-likeness (QED) is 0.265. The number of para-hydroxylation sites is 3. The molecule has 35 heavy (non-hydrogen) atoms. The van der Waals surface area contributed by atoms with Gasteiger partial charge in [0.05, 0.1) is 11.4 Å². The molecule has 2 rings (SSSR count). The minimum atomic E-state index is -1.20. The summed E-state index contributed by atoms with van der Waals surface area (Å²) < 4.78 is 11.5. The van der Waals surface area contributed by atoms with E-state index in [1.165, 1.54) is 11.0 Å². The maximum atomic E-state index is 11.2. The van der Waals surface area contributed by atoms with Crippen LogP contribution < -0.4 is 19.3 Å². The molecule has 2 aromatic carbocycles. The Bertz CT molecular complexity index is 1040. The van der Waals surface area contributed by atoms with Crippen molar-refractivity contribution >= 4 is 35.3 Å². The number of aliphatic carboxylic acids is 4. The average Bonchev–Trinajstić information content (AvgIpc) is 2.75. The van der Waals surface area contributed by atoms with Gasteiger partial charge in [0.1, 0.15) is 50.9 Å². The molecular weight excluding hydrogens is 464 g/mol. The second-order valence-electron chi connectivity index (χ2n) is 7.37. The van der Waals surface area contributed by atoms with Crippen molar-refractivity contribution in [2.45, 2.75) is 6.92 Å². The van der Waals surface area contributed by atoms with Gasteiger partial charge in [0.15, 0.2) is 0 Å². The minimum absolute atomic E-state index is 0.0158. The Labute approximate surface area is 200 Å². The maximum absolute atomic E-state index is 11.2. The van der Waals surface area contributed by atoms with E-state index >= 15 is 0 Å². The number of carbonyl (C=O) groups is 4. The van der Waals surface area contributed by atoms with Crippen LogP contribution in [-0.2, 0) is 19.2 Å². The van der Waals surface area contributed by atoms with Crippen molar-refractivity contribution in [3.8, 4) is 11.5 Å². The molecule has 0 heterocycles. The number of rotatable bonds is 15. The number of carboxylic acid groups (broad SMARTS) is 4. The SMILES string of the molecule is Cc1cccc(N(CC(=O)O)CC(=O)O)c1OCCOc1ccccc1N(CC(=O)O)CC(=O)O. The summed E-state index contributed by atoms with van der Waals surface area (Å²) in [7, 11) is 0. The summed E-state index contributed by atoms with van der Waals surface area (Å²) in [5.74, 6) is -4.27. The normalized spacial score (nSPS) is 10.3. The number of hydrogen-bond acceptors (Lipinski definition) is 8. The first-order chi connectivity index (χ1) is 16.6. The molecule has 2 aromatic rings. The van der Waals surface area contributed by atoms with Crippen molar-refractivity contribution < 1.29 is 49.1 Å². The van der Waals surface area contributed by atoms with E-state index < -0.39 is 50.1 Å². The molecule has 0 aliphatic rings. The van der Waals surface area contributed by atoms with Crippen molar-refractivity contribution in [2.75, 3.05) is 49.2 Å². The van der Waals surface area contributed by atoms with Crippen molar-refractivity contribution in [3.63, 3.8) is 0 Å². The van der Waals surface area contributed by atoms with Gasteiger partial charge >= 0.3 is 23.9 Å². The lowest BCUT2D eigenvalue weighted by Crippen LogP contribution is -2.35. The highest BCUT2D eigenvalue weighted by Gasteiger charge is 2.20. The van der Waals surface area contributed by atoms with Crippen LogP contribution >= 0.6 is 0 Å². The molecule has 0 atom stereocenters. The lowest BCUT2D eigenvalue weighted by atomic mass is 10.1. The molecule has 12 nitrogen and oxygen atoms in total. The van der Waals surface area contributed by atoms with Gasteiger partial charge in [0.25, 0.3) is 0 Å². The Morgan fingerprint density at radius 2 is 1.11 bits per heavy atom. The fourth-order valence-electron chi connectivity index (χ4n) is 3.32. The molecular formula is C23H26N2O10. The van der Waals surface area contributed by atoms with Crippen molar-refractivity contribution in [1.82, 2.24) is 0 Å². The monoisotopic (exact) mass is 490 g/mol. The molecule has 0 aliphatic carbocycles. The van der Waals surface area contributed by atoms with E-state index in [4.69, 9.17) is 29.9 Å². The largest absolute Gasteiger partial charge is 0.488 e. The van der Waals surface area contributed by atoms with E-state index in [-0.39, 0.29) is 24.7 Å². The predicted octanol–water partition coefficient (Wildman–Crippen LogP) is 1.40. The van der Waals surface area contributed by atoms with Crippen LogP contribution in [0, 0.1) is 6.92 Å². The van der Waals surface area contributed by atoms with Crippen LogP contribution in [0.5, 0.6) is 11.5 Å². The summed E-state index contributed by atoms with van der Waals surface area (Å²) in [6, 6.07) is 11.3. The van der Waals surface area contributed by atoms with Gasteiger partial charge in [-0.1, -0.05) is 24.3 Å². The zero-order valence-electron chi connectivity index (χ0n) is 18.9. The van der Waals surface area contributed by atoms with Gasteiger partial charge < -0.3 is 39.7 Å². The summed E-state index contributed by atoms with van der Waals surface area (Å²) in [5, 5.41) is 36.6. The van der Waals surface area contributed by atoms with Crippen molar-refractivity contribution in [3.05, 3.63) is 48.0 Å². The van der Waals surface area contributed by atoms with Crippen LogP contribution in [0.4, 0.5) is 11.4 Å². The zero-order valence-corrected chi connectivity index (χ0v) is 18.9. The Balaban J connectivity index is 2.16. The number of nitrogens with zero attached hydrogens (tertiary/aromatic N) is 2. The lowest BCUT2D eigenvalue weighted by Gasteiger charge is -2.25. The van der Waals surface area contributed by atoms with E-state index in [0.717, 1.165) is 4.90 Å². The number of carboxylic acids is 4. The molecule has 188 valence electrons. The molecule has 12 heteroatoms. The molecule has 0 amide bonds. The summed E-state index contributed by atoms with van der Waals surface area (Å²) in [6.07, 6.45) is 0. The first-order valence-electron chi connectivity index (χ1n) is 10.4. The lowest BCUT2D eigenvalue weighted by molar-refractivity contribution is -0.138. The third-order valence-corrected chi connectivity index (χ3v) is 4.63. The molecule has 0 radical (unpaired) electrons. The summed E-state index contributed by atoms with van der Waals surface area (Å²) in [5.41, 5.74) is 1.23. The molecule has 0 aromatic heterocycles. The molecule has 0 aliphatic heterocycles. The highest BCUT2D eigenvalue weighted by atomic mass is 16.5. The number of aryl methyl sites for hydroxylation is 1. The van der Waals surface area contributed by atoms with E-state index in [1.54, 1.807) is 43.3 Å². The average molecular weight is 490 g/mol. The molecule has 4 N–H and O–H groups in total. The summed E-state index contributed by atoms with van der Waals surface area (Å²) >= 11 is 0. The van der Waals surface area contributed by atoms with E-state index in [1.807, 2.05) is 0 Å². The maximum Gasteiger partial charge on any atom is 0.323 e. The third-order valence-electron chi connectivity index (χ3n) is 4.63. The van der Waals surface area contributed by atoms with Gasteiger partial charge in [-0.25, -0.2) is 0 Å². The van der Waals surface area contributed by atoms with E-state index in [0.29, 0.717) is 17.0 Å². The minimum Gasteiger partial charge on any atom is -0.488 e. The van der Waals surface area contributed by atoms with Gasteiger partial charge in [0, 0.05) is 0 Å². The number of benzene rings is 2. The first kappa shape index (κ1) is 26.8. The van der Waals surface area contributed by atoms with Crippen molar-refractivity contribution in [2.24, 2.45) is 0 Å². The zero-order chi connectivity index (χ0) is 26.0. The molecule has 0 spiro atoms. The second-order valence-corrected chi connectivity index (χ2v) is 7.37. The Kier molecular flexibility index (Phi) is 9.70. The molecule has 0 unspecified atom stereocenters. The molecule has 0 saturated heterocycles. The highest BCUT2D eigenvalue weighted by Crippen LogP contribution is 2.32. The Hall–Kier alpha value is -4.48. The Morgan fingerprint density at radius 1 is 0.657 bits per heavy atom. The van der Waals surface area contributed by atoms with Gasteiger partial charge in [0.2, 0.25) is 0 Å². The third kappa shape index (κ3) is 8.42. The molecule has 0 saturated carbocycles. The van der Waals surface area contributed by atoms with E-state index in [9.17, 15) is 19.2 Å². The van der Waals surface area contributed by atoms with Crippen LogP contribution in [0.15, 0.2) is 42.5 Å². The smallest absolute Gasteiger partial charge is 0.323 e. The summed E-state index contributed by atoms with van der Waals surface area (Å²) in [6.45, 7) is -0.478. The number of ether oxygens (including phenoxy) is 2. The van der Waals surface area contributed by atoms with Gasteiger partial charge in [-0.2, -0.15) is 0 Å². The first-order valence-corrected chi connectivity index (χ1v) is 10.4. The number of hydrogen-bond donors (Lipinski definition) is 4. The topological polar surface area (TPSA) is 174 Å². The van der Waals surface area contributed by atoms with Crippen LogP contribution in [0.3, 0.4) is 0 Å². The van der Waals surface area contributed by atoms with Crippen LogP contribution in [0.2, 0.25) is 0 Å². The predicted molar refractivity (Wildman–Crippen MR) is 124 cm³/mol. The fraction of sp³-hybridized carbons (Fsp3) is 0.304. The molecule has 0 fully saturated rings. The molecule has 0 bridgehead atoms. The van der Waals surface area contributed by atoms with E-state index in [2.05, 4.69) is 0 Å². The number of anilines is 2. The van der Waals surface area contributed by atoms with Gasteiger partial charge in [-0.3, -0.25) is 19.2 Å². The van der Waals surface area contributed by atoms with Crippen LogP contribution in [-0.4, -0.2) is 83.7 Å². The van der Waals surface area contributed by atoms with Crippen LogP contribution in [0.25, 0.3) is 0 Å². The highest BCUT2D eigenvalue weighted by molar-refractivity contribution is 5.82. The van der Waals surface area contributed by atoms with Crippen molar-refractivity contribution in [1.29, 1.82) is 0 Å². The summed E-state index contributed by atoms with van der Waals surface area (Å²) in [4.78, 5) is 47.1. The van der Waals surface area contributed by atoms with Gasteiger partial charge in [-0.15, -0.1) is 0 Å². The second kappa shape index (κ2) is 12.7. The van der Waals surface area contributed by atoms with Gasteiger partial charge in [-0.05, 0) is 30.7 Å². The fourth-order valence-corrected chi connectivity index (χ4v) is 3.32. The van der Waals surface area contributed by atoms with Crippen LogP contribution in [0.1, 0.15) is 5.56 Å². The standard InChI is InChI=1S/C23H26N2O10/c1-15-5-4-7-17(25(13-21(30)31)14-22(32)33)23(15)35-10-9-34-18-8-3-2-6-16(18)24(11-19(26)27)12-20(28)29/h2-8H,9-14H2,1H3,(H,26,27)(H,28,29)(H,30,31)(H,32,33). The Morgan fingerprint density at radius 3 is 1.66 bits per heavy atom.